The van der Waals surface area contributed by atoms with Crippen LogP contribution in [0, 0.1) is 18.8 Å². The maximum Gasteiger partial charge on any atom is 0.118 e. The third kappa shape index (κ3) is 4.10. The zero-order chi connectivity index (χ0) is 13.9. The number of hydrogen-bond donors (Lipinski definition) is 1. The van der Waals surface area contributed by atoms with Gasteiger partial charge in [-0.15, -0.1) is 0 Å². The quantitative estimate of drug-likeness (QED) is 0.750. The number of aryl methyl sites for hydroxylation is 1. The van der Waals surface area contributed by atoms with E-state index in [9.17, 15) is 0 Å². The minimum atomic E-state index is 0.928. The minimum absolute atomic E-state index is 0.928. The summed E-state index contributed by atoms with van der Waals surface area (Å²) in [5.41, 5.74) is 1.32. The predicted molar refractivity (Wildman–Crippen MR) is 81.6 cm³/mol. The highest BCUT2D eigenvalue weighted by Crippen LogP contribution is 2.34. The first kappa shape index (κ1) is 14.2. The summed E-state index contributed by atoms with van der Waals surface area (Å²) in [5.74, 6) is 4.16. The van der Waals surface area contributed by atoms with E-state index in [2.05, 4.69) is 30.1 Å². The summed E-state index contributed by atoms with van der Waals surface area (Å²) >= 11 is 0. The van der Waals surface area contributed by atoms with Gasteiger partial charge in [0.2, 0.25) is 0 Å². The Morgan fingerprint density at radius 1 is 1.20 bits per heavy atom. The minimum Gasteiger partial charge on any atom is -0.465 e. The van der Waals surface area contributed by atoms with Gasteiger partial charge in [-0.05, 0) is 57.1 Å². The van der Waals surface area contributed by atoms with Crippen molar-refractivity contribution in [1.29, 1.82) is 0 Å². The maximum atomic E-state index is 5.96. The van der Waals surface area contributed by atoms with Gasteiger partial charge in [-0.1, -0.05) is 6.92 Å². The van der Waals surface area contributed by atoms with Gasteiger partial charge in [-0.2, -0.15) is 0 Å². The summed E-state index contributed by atoms with van der Waals surface area (Å²) in [6, 6.07) is 2.25. The van der Waals surface area contributed by atoms with Gasteiger partial charge in [0.15, 0.2) is 0 Å². The predicted octanol–water partition coefficient (Wildman–Crippen LogP) is 3.32. The van der Waals surface area contributed by atoms with Crippen LogP contribution >= 0.6 is 0 Å². The van der Waals surface area contributed by atoms with Crippen LogP contribution in [-0.2, 0) is 13.1 Å². The van der Waals surface area contributed by atoms with Gasteiger partial charge >= 0.3 is 0 Å². The van der Waals surface area contributed by atoms with Crippen LogP contribution in [0.25, 0.3) is 0 Å². The topological polar surface area (TPSA) is 28.4 Å². The van der Waals surface area contributed by atoms with Crippen molar-refractivity contribution in [2.45, 2.75) is 52.6 Å². The zero-order valence-electron chi connectivity index (χ0n) is 13.0. The molecule has 0 aliphatic heterocycles. The van der Waals surface area contributed by atoms with Crippen LogP contribution in [0.5, 0.6) is 0 Å². The molecule has 0 spiro atoms. The van der Waals surface area contributed by atoms with Crippen LogP contribution in [0.1, 0.15) is 49.7 Å². The fourth-order valence-corrected chi connectivity index (χ4v) is 2.86. The lowest BCUT2D eigenvalue weighted by Crippen LogP contribution is -2.27. The van der Waals surface area contributed by atoms with Crippen LogP contribution < -0.4 is 5.32 Å². The largest absolute Gasteiger partial charge is 0.465 e. The molecule has 2 saturated carbocycles. The van der Waals surface area contributed by atoms with Crippen molar-refractivity contribution in [3.63, 3.8) is 0 Å². The van der Waals surface area contributed by atoms with E-state index in [4.69, 9.17) is 4.42 Å². The van der Waals surface area contributed by atoms with Gasteiger partial charge in [0.25, 0.3) is 0 Å². The van der Waals surface area contributed by atoms with E-state index in [-0.39, 0.29) is 0 Å². The van der Waals surface area contributed by atoms with Gasteiger partial charge < -0.3 is 9.73 Å². The van der Waals surface area contributed by atoms with Crippen molar-refractivity contribution >= 4 is 0 Å². The first-order valence-corrected chi connectivity index (χ1v) is 8.26. The summed E-state index contributed by atoms with van der Waals surface area (Å²) in [5, 5.41) is 3.38. The number of nitrogens with zero attached hydrogens (tertiary/aromatic N) is 1. The Morgan fingerprint density at radius 3 is 2.40 bits per heavy atom. The summed E-state index contributed by atoms with van der Waals surface area (Å²) in [6.07, 6.45) is 5.74. The molecule has 0 radical (unpaired) electrons. The monoisotopic (exact) mass is 276 g/mol. The molecule has 0 aromatic carbocycles. The molecule has 0 unspecified atom stereocenters. The first-order chi connectivity index (χ1) is 9.74. The first-order valence-electron chi connectivity index (χ1n) is 8.26. The van der Waals surface area contributed by atoms with Gasteiger partial charge in [0.05, 0.1) is 6.54 Å². The lowest BCUT2D eigenvalue weighted by Gasteiger charge is -2.20. The average molecular weight is 276 g/mol. The molecule has 3 nitrogen and oxygen atoms in total. The molecule has 0 saturated heterocycles. The molecule has 0 atom stereocenters. The highest BCUT2D eigenvalue weighted by molar-refractivity contribution is 5.20. The van der Waals surface area contributed by atoms with Gasteiger partial charge in [0.1, 0.15) is 11.5 Å². The van der Waals surface area contributed by atoms with Gasteiger partial charge in [-0.25, -0.2) is 0 Å². The molecule has 0 amide bonds. The third-order valence-corrected chi connectivity index (χ3v) is 4.44. The summed E-state index contributed by atoms with van der Waals surface area (Å²) < 4.78 is 5.96. The molecule has 112 valence electrons. The second-order valence-corrected chi connectivity index (χ2v) is 6.66. The second-order valence-electron chi connectivity index (χ2n) is 6.66. The van der Waals surface area contributed by atoms with E-state index in [0.29, 0.717) is 0 Å². The molecule has 1 aromatic rings. The van der Waals surface area contributed by atoms with Gasteiger partial charge in [0, 0.05) is 25.2 Å². The molecule has 3 rings (SSSR count). The van der Waals surface area contributed by atoms with Crippen molar-refractivity contribution in [2.24, 2.45) is 11.8 Å². The molecule has 2 aliphatic rings. The highest BCUT2D eigenvalue weighted by atomic mass is 16.3. The summed E-state index contributed by atoms with van der Waals surface area (Å²) in [7, 11) is 0. The Morgan fingerprint density at radius 2 is 1.85 bits per heavy atom. The fourth-order valence-electron chi connectivity index (χ4n) is 2.86. The van der Waals surface area contributed by atoms with E-state index in [1.165, 1.54) is 44.3 Å². The van der Waals surface area contributed by atoms with Crippen LogP contribution in [-0.4, -0.2) is 24.5 Å². The Bertz CT molecular complexity index is 418. The Hall–Kier alpha value is -0.800. The van der Waals surface area contributed by atoms with Crippen molar-refractivity contribution < 1.29 is 4.42 Å². The molecular weight excluding hydrogens is 248 g/mol. The maximum absolute atomic E-state index is 5.96. The van der Waals surface area contributed by atoms with E-state index in [0.717, 1.165) is 43.0 Å². The average Bonchev–Trinajstić information content (AvgIpc) is 3.31. The van der Waals surface area contributed by atoms with E-state index in [1.807, 2.05) is 0 Å². The molecule has 1 N–H and O–H groups in total. The Balaban J connectivity index is 1.57. The van der Waals surface area contributed by atoms with E-state index < -0.39 is 0 Å². The van der Waals surface area contributed by atoms with E-state index >= 15 is 0 Å². The van der Waals surface area contributed by atoms with Crippen LogP contribution in [0.3, 0.4) is 0 Å². The smallest absolute Gasteiger partial charge is 0.118 e. The molecule has 2 aliphatic carbocycles. The molecular formula is C17H28N2O. The zero-order valence-corrected chi connectivity index (χ0v) is 13.0. The second kappa shape index (κ2) is 6.31. The third-order valence-electron chi connectivity index (χ3n) is 4.44. The standard InChI is InChI=1S/C17H28N2O/c1-3-18-9-16-8-17(20-13(16)2)12-19(10-14-4-5-14)11-15-6-7-15/h8,14-15,18H,3-7,9-12H2,1-2H3. The van der Waals surface area contributed by atoms with Crippen LogP contribution in [0.2, 0.25) is 0 Å². The molecule has 20 heavy (non-hydrogen) atoms. The highest BCUT2D eigenvalue weighted by Gasteiger charge is 2.29. The van der Waals surface area contributed by atoms with Crippen molar-refractivity contribution in [2.75, 3.05) is 19.6 Å². The number of nitrogens with one attached hydrogen (secondary N) is 1. The molecule has 1 heterocycles. The molecule has 2 fully saturated rings. The number of hydrogen-bond acceptors (Lipinski definition) is 3. The summed E-state index contributed by atoms with van der Waals surface area (Å²) in [4.78, 5) is 2.63. The lowest BCUT2D eigenvalue weighted by atomic mass is 10.2. The number of furan rings is 1. The SMILES string of the molecule is CCNCc1cc(CN(CC2CC2)CC2CC2)oc1C. The fraction of sp³-hybridized carbons (Fsp3) is 0.765. The Labute approximate surface area is 122 Å². The molecule has 0 bridgehead atoms. The normalized spacial score (nSPS) is 18.9. The van der Waals surface area contributed by atoms with Crippen LogP contribution in [0.4, 0.5) is 0 Å². The van der Waals surface area contributed by atoms with Crippen LogP contribution in [0.15, 0.2) is 10.5 Å². The van der Waals surface area contributed by atoms with Crippen molar-refractivity contribution in [3.05, 3.63) is 23.2 Å². The molecule has 1 aromatic heterocycles. The van der Waals surface area contributed by atoms with Gasteiger partial charge in [-0.3, -0.25) is 4.90 Å². The van der Waals surface area contributed by atoms with Crippen molar-refractivity contribution in [3.8, 4) is 0 Å². The van der Waals surface area contributed by atoms with Crippen molar-refractivity contribution in [1.82, 2.24) is 10.2 Å². The van der Waals surface area contributed by atoms with E-state index in [1.54, 1.807) is 0 Å². The summed E-state index contributed by atoms with van der Waals surface area (Å²) in [6.45, 7) is 9.72. The molecule has 3 heteroatoms. The lowest BCUT2D eigenvalue weighted by molar-refractivity contribution is 0.224. The number of rotatable bonds is 9. The Kier molecular flexibility index (Phi) is 4.47.